The lowest BCUT2D eigenvalue weighted by molar-refractivity contribution is -0.117. The molecule has 172 valence electrons. The van der Waals surface area contributed by atoms with E-state index in [9.17, 15) is 9.59 Å². The van der Waals surface area contributed by atoms with Crippen LogP contribution < -0.4 is 10.1 Å². The van der Waals surface area contributed by atoms with Gasteiger partial charge in [0.2, 0.25) is 5.91 Å². The van der Waals surface area contributed by atoms with Gasteiger partial charge >= 0.3 is 0 Å². The van der Waals surface area contributed by atoms with E-state index in [1.165, 1.54) is 0 Å². The summed E-state index contributed by atoms with van der Waals surface area (Å²) in [5, 5.41) is 3.15. The minimum absolute atomic E-state index is 0.000499. The Morgan fingerprint density at radius 1 is 1.03 bits per heavy atom. The van der Waals surface area contributed by atoms with Crippen LogP contribution in [0.2, 0.25) is 0 Å². The number of carbonyl (C=O) groups excluding carboxylic acids is 2. The third-order valence-electron chi connectivity index (χ3n) is 5.90. The molecule has 2 aromatic rings. The summed E-state index contributed by atoms with van der Waals surface area (Å²) in [6.45, 7) is 7.28. The Balaban J connectivity index is 1.59. The van der Waals surface area contributed by atoms with Crippen LogP contribution >= 0.6 is 15.9 Å². The van der Waals surface area contributed by atoms with Crippen molar-refractivity contribution in [2.45, 2.75) is 33.1 Å². The molecule has 1 aliphatic rings. The van der Waals surface area contributed by atoms with Crippen LogP contribution in [0.15, 0.2) is 40.9 Å². The number of ether oxygens (including phenoxy) is 1. The lowest BCUT2D eigenvalue weighted by Gasteiger charge is -2.22. The first kappa shape index (κ1) is 24.3. The number of rotatable bonds is 7. The quantitative estimate of drug-likeness (QED) is 0.611. The maximum atomic E-state index is 13.0. The molecule has 0 unspecified atom stereocenters. The molecule has 2 aromatic carbocycles. The Kier molecular flexibility index (Phi) is 8.70. The smallest absolute Gasteiger partial charge is 0.253 e. The van der Waals surface area contributed by atoms with Crippen molar-refractivity contribution in [2.24, 2.45) is 0 Å². The van der Waals surface area contributed by atoms with Gasteiger partial charge in [-0.2, -0.15) is 0 Å². The minimum atomic E-state index is -0.000499. The minimum Gasteiger partial charge on any atom is -0.496 e. The number of benzene rings is 2. The fourth-order valence-electron chi connectivity index (χ4n) is 4.10. The van der Waals surface area contributed by atoms with Gasteiger partial charge in [0, 0.05) is 37.4 Å². The van der Waals surface area contributed by atoms with E-state index in [2.05, 4.69) is 58.2 Å². The second-order valence-electron chi connectivity index (χ2n) is 7.98. The van der Waals surface area contributed by atoms with Crippen LogP contribution in [-0.4, -0.2) is 61.4 Å². The summed E-state index contributed by atoms with van der Waals surface area (Å²) >= 11 is 3.45. The average molecular weight is 502 g/mol. The van der Waals surface area contributed by atoms with Gasteiger partial charge in [-0.25, -0.2) is 0 Å². The number of halogens is 1. The molecule has 0 atom stereocenters. The molecule has 1 saturated heterocycles. The highest BCUT2D eigenvalue weighted by Gasteiger charge is 2.22. The fraction of sp³-hybridized carbons (Fsp3) is 0.440. The topological polar surface area (TPSA) is 61.9 Å². The van der Waals surface area contributed by atoms with Gasteiger partial charge < -0.3 is 15.0 Å². The molecule has 0 aromatic heterocycles. The number of anilines is 1. The second kappa shape index (κ2) is 11.5. The molecule has 0 saturated carbocycles. The molecule has 0 spiro atoms. The van der Waals surface area contributed by atoms with Gasteiger partial charge in [0.1, 0.15) is 5.75 Å². The second-order valence-corrected chi connectivity index (χ2v) is 8.83. The number of nitrogens with one attached hydrogen (secondary N) is 1. The number of para-hydroxylation sites is 1. The van der Waals surface area contributed by atoms with Gasteiger partial charge in [0.15, 0.2) is 0 Å². The molecule has 3 rings (SSSR count). The van der Waals surface area contributed by atoms with Crippen LogP contribution in [0.1, 0.15) is 41.8 Å². The van der Waals surface area contributed by atoms with Crippen molar-refractivity contribution in [3.05, 3.63) is 57.6 Å². The van der Waals surface area contributed by atoms with E-state index in [0.717, 1.165) is 47.1 Å². The molecule has 32 heavy (non-hydrogen) atoms. The Morgan fingerprint density at radius 2 is 1.75 bits per heavy atom. The summed E-state index contributed by atoms with van der Waals surface area (Å²) in [7, 11) is 1.60. The van der Waals surface area contributed by atoms with Crippen LogP contribution in [0.4, 0.5) is 5.69 Å². The molecule has 0 aliphatic carbocycles. The molecule has 1 aliphatic heterocycles. The molecule has 7 heteroatoms. The van der Waals surface area contributed by atoms with Gasteiger partial charge in [-0.05, 0) is 64.5 Å². The highest BCUT2D eigenvalue weighted by Crippen LogP contribution is 2.26. The van der Waals surface area contributed by atoms with Crippen LogP contribution in [0.3, 0.4) is 0 Å². The van der Waals surface area contributed by atoms with E-state index in [-0.39, 0.29) is 11.8 Å². The van der Waals surface area contributed by atoms with Crippen molar-refractivity contribution in [3.63, 3.8) is 0 Å². The van der Waals surface area contributed by atoms with Crippen molar-refractivity contribution in [2.75, 3.05) is 45.2 Å². The first-order valence-corrected chi connectivity index (χ1v) is 12.0. The zero-order valence-electron chi connectivity index (χ0n) is 19.1. The first-order chi connectivity index (χ1) is 15.5. The Hall–Kier alpha value is -2.38. The third-order valence-corrected chi connectivity index (χ3v) is 6.52. The number of hydrogen-bond acceptors (Lipinski definition) is 4. The summed E-state index contributed by atoms with van der Waals surface area (Å²) in [5.74, 6) is 0.703. The molecule has 0 radical (unpaired) electrons. The predicted octanol–water partition coefficient (Wildman–Crippen LogP) is 4.37. The standard InChI is InChI=1S/C25H32BrN3O3/c1-4-18-8-6-9-19(5-2)24(18)27-23(30)17-28-12-7-13-29(15-14-28)25(31)20-10-11-22(32-3)21(26)16-20/h6,8-11,16H,4-5,7,12-15,17H2,1-3H3,(H,27,30). The summed E-state index contributed by atoms with van der Waals surface area (Å²) in [5.41, 5.74) is 3.92. The molecular formula is C25H32BrN3O3. The van der Waals surface area contributed by atoms with E-state index in [4.69, 9.17) is 4.74 Å². The average Bonchev–Trinajstić information content (AvgIpc) is 3.04. The molecule has 6 nitrogen and oxygen atoms in total. The SMILES string of the molecule is CCc1cccc(CC)c1NC(=O)CN1CCCN(C(=O)c2ccc(OC)c(Br)c2)CC1. The van der Waals surface area contributed by atoms with Gasteiger partial charge in [-0.3, -0.25) is 14.5 Å². The summed E-state index contributed by atoms with van der Waals surface area (Å²) < 4.78 is 6.01. The van der Waals surface area contributed by atoms with Gasteiger partial charge in [0.05, 0.1) is 18.1 Å². The summed E-state index contributed by atoms with van der Waals surface area (Å²) in [6, 6.07) is 11.6. The number of aryl methyl sites for hydroxylation is 2. The summed E-state index contributed by atoms with van der Waals surface area (Å²) in [4.78, 5) is 29.8. The van der Waals surface area contributed by atoms with Crippen molar-refractivity contribution >= 4 is 33.4 Å². The number of methoxy groups -OCH3 is 1. The Labute approximate surface area is 199 Å². The van der Waals surface area contributed by atoms with Gasteiger partial charge in [0.25, 0.3) is 5.91 Å². The lowest BCUT2D eigenvalue weighted by atomic mass is 10.0. The fourth-order valence-corrected chi connectivity index (χ4v) is 4.64. The number of nitrogens with zero attached hydrogens (tertiary/aromatic N) is 2. The van der Waals surface area contributed by atoms with Crippen LogP contribution in [0.25, 0.3) is 0 Å². The molecule has 0 bridgehead atoms. The number of amides is 2. The maximum Gasteiger partial charge on any atom is 0.253 e. The Bertz CT molecular complexity index is 941. The molecule has 1 N–H and O–H groups in total. The van der Waals surface area contributed by atoms with E-state index in [1.807, 2.05) is 4.90 Å². The van der Waals surface area contributed by atoms with Gasteiger partial charge in [-0.15, -0.1) is 0 Å². The predicted molar refractivity (Wildman–Crippen MR) is 131 cm³/mol. The Morgan fingerprint density at radius 3 is 2.38 bits per heavy atom. The van der Waals surface area contributed by atoms with E-state index < -0.39 is 0 Å². The molecule has 1 heterocycles. The summed E-state index contributed by atoms with van der Waals surface area (Å²) in [6.07, 6.45) is 2.60. The van der Waals surface area contributed by atoms with E-state index in [1.54, 1.807) is 25.3 Å². The lowest BCUT2D eigenvalue weighted by Crippen LogP contribution is -2.38. The van der Waals surface area contributed by atoms with Crippen molar-refractivity contribution < 1.29 is 14.3 Å². The van der Waals surface area contributed by atoms with Crippen molar-refractivity contribution in [1.29, 1.82) is 0 Å². The van der Waals surface area contributed by atoms with E-state index in [0.29, 0.717) is 37.5 Å². The van der Waals surface area contributed by atoms with Gasteiger partial charge in [-0.1, -0.05) is 32.0 Å². The third kappa shape index (κ3) is 5.90. The van der Waals surface area contributed by atoms with Crippen molar-refractivity contribution in [3.8, 4) is 5.75 Å². The highest BCUT2D eigenvalue weighted by molar-refractivity contribution is 9.10. The molecular weight excluding hydrogens is 470 g/mol. The monoisotopic (exact) mass is 501 g/mol. The molecule has 1 fully saturated rings. The maximum absolute atomic E-state index is 13.0. The largest absolute Gasteiger partial charge is 0.496 e. The van der Waals surface area contributed by atoms with E-state index >= 15 is 0 Å². The van der Waals surface area contributed by atoms with Crippen LogP contribution in [0.5, 0.6) is 5.75 Å². The molecule has 2 amide bonds. The first-order valence-electron chi connectivity index (χ1n) is 11.2. The number of hydrogen-bond donors (Lipinski definition) is 1. The normalized spacial score (nSPS) is 14.7. The number of carbonyl (C=O) groups is 2. The zero-order valence-corrected chi connectivity index (χ0v) is 20.7. The zero-order chi connectivity index (χ0) is 23.1. The van der Waals surface area contributed by atoms with Crippen LogP contribution in [0, 0.1) is 0 Å². The highest BCUT2D eigenvalue weighted by atomic mass is 79.9. The van der Waals surface area contributed by atoms with Crippen LogP contribution in [-0.2, 0) is 17.6 Å². The van der Waals surface area contributed by atoms with Crippen molar-refractivity contribution in [1.82, 2.24) is 9.80 Å².